The third kappa shape index (κ3) is 4.55. The lowest BCUT2D eigenvalue weighted by Crippen LogP contribution is -2.21. The van der Waals surface area contributed by atoms with Crippen LogP contribution in [0.5, 0.6) is 0 Å². The molecule has 0 aliphatic rings. The summed E-state index contributed by atoms with van der Waals surface area (Å²) in [6, 6.07) is 14.0. The van der Waals surface area contributed by atoms with E-state index in [1.807, 2.05) is 24.3 Å². The normalized spacial score (nSPS) is 10.8. The van der Waals surface area contributed by atoms with Gasteiger partial charge in [0.25, 0.3) is 5.91 Å². The van der Waals surface area contributed by atoms with Gasteiger partial charge in [-0.3, -0.25) is 4.79 Å². The molecule has 0 spiro atoms. The highest BCUT2D eigenvalue weighted by Gasteiger charge is 2.24. The molecule has 0 fully saturated rings. The van der Waals surface area contributed by atoms with E-state index in [2.05, 4.69) is 37.2 Å². The van der Waals surface area contributed by atoms with Gasteiger partial charge in [0.1, 0.15) is 21.7 Å². The van der Waals surface area contributed by atoms with Crippen LogP contribution >= 0.6 is 43.2 Å². The molecular weight excluding hydrogens is 562 g/mol. The number of thiophene rings is 1. The quantitative estimate of drug-likeness (QED) is 0.217. The summed E-state index contributed by atoms with van der Waals surface area (Å²) in [5, 5.41) is 5.34. The van der Waals surface area contributed by atoms with E-state index in [1.54, 1.807) is 30.5 Å². The monoisotopic (exact) mass is 575 g/mol. The van der Waals surface area contributed by atoms with Gasteiger partial charge in [-0.25, -0.2) is 9.59 Å². The van der Waals surface area contributed by atoms with E-state index in [9.17, 15) is 14.4 Å². The van der Waals surface area contributed by atoms with Gasteiger partial charge < -0.3 is 14.5 Å². The largest absolute Gasteiger partial charge is 0.462 e. The lowest BCUT2D eigenvalue weighted by molar-refractivity contribution is 0.0529. The van der Waals surface area contributed by atoms with Gasteiger partial charge in [-0.2, -0.15) is 0 Å². The minimum atomic E-state index is -0.764. The van der Waals surface area contributed by atoms with E-state index < -0.39 is 17.5 Å². The predicted octanol–water partition coefficient (Wildman–Crippen LogP) is 6.48. The number of esters is 1. The summed E-state index contributed by atoms with van der Waals surface area (Å²) in [4.78, 5) is 38.1. The fourth-order valence-corrected chi connectivity index (χ4v) is 4.72. The van der Waals surface area contributed by atoms with E-state index >= 15 is 0 Å². The molecule has 0 aliphatic carbocycles. The van der Waals surface area contributed by atoms with Gasteiger partial charge in [0, 0.05) is 25.3 Å². The maximum absolute atomic E-state index is 13.0. The van der Waals surface area contributed by atoms with Crippen LogP contribution in [0.3, 0.4) is 0 Å². The van der Waals surface area contributed by atoms with Crippen LogP contribution in [0.1, 0.15) is 27.6 Å². The Balaban J connectivity index is 1.74. The van der Waals surface area contributed by atoms with Crippen LogP contribution in [0.15, 0.2) is 72.1 Å². The average Bonchev–Trinajstić information content (AvgIpc) is 3.17. The molecule has 2 heterocycles. The first-order valence-electron chi connectivity index (χ1n) is 9.46. The summed E-state index contributed by atoms with van der Waals surface area (Å²) in [5.41, 5.74) is 1.11. The molecule has 9 heteroatoms. The second-order valence-corrected chi connectivity index (χ2v) is 9.38. The Hall–Kier alpha value is -2.75. The van der Waals surface area contributed by atoms with Crippen molar-refractivity contribution in [2.75, 3.05) is 11.9 Å². The zero-order chi connectivity index (χ0) is 22.8. The van der Waals surface area contributed by atoms with Gasteiger partial charge in [-0.05, 0) is 48.9 Å². The average molecular weight is 577 g/mol. The van der Waals surface area contributed by atoms with Crippen LogP contribution in [-0.4, -0.2) is 18.5 Å². The number of carbonyl (C=O) groups excluding carboxylic acids is 2. The highest BCUT2D eigenvalue weighted by molar-refractivity contribution is 9.10. The van der Waals surface area contributed by atoms with Crippen molar-refractivity contribution >= 4 is 71.0 Å². The van der Waals surface area contributed by atoms with Crippen LogP contribution in [0.2, 0.25) is 0 Å². The smallest absolute Gasteiger partial charge is 0.349 e. The van der Waals surface area contributed by atoms with Gasteiger partial charge in [-0.1, -0.05) is 44.0 Å². The minimum Gasteiger partial charge on any atom is -0.462 e. The first-order chi connectivity index (χ1) is 15.4. The number of halogens is 2. The molecule has 32 heavy (non-hydrogen) atoms. The lowest BCUT2D eigenvalue weighted by Gasteiger charge is -2.09. The second kappa shape index (κ2) is 9.40. The Labute approximate surface area is 203 Å². The summed E-state index contributed by atoms with van der Waals surface area (Å²) >= 11 is 7.94. The molecule has 0 radical (unpaired) electrons. The van der Waals surface area contributed by atoms with Gasteiger partial charge in [0.15, 0.2) is 0 Å². The van der Waals surface area contributed by atoms with Crippen molar-refractivity contribution in [3.63, 3.8) is 0 Å². The van der Waals surface area contributed by atoms with Crippen molar-refractivity contribution in [2.24, 2.45) is 0 Å². The molecule has 4 aromatic rings. The van der Waals surface area contributed by atoms with Crippen molar-refractivity contribution in [3.05, 3.63) is 84.4 Å². The van der Waals surface area contributed by atoms with Crippen LogP contribution in [0.4, 0.5) is 5.00 Å². The van der Waals surface area contributed by atoms with Gasteiger partial charge in [0.2, 0.25) is 0 Å². The Morgan fingerprint density at radius 3 is 2.50 bits per heavy atom. The molecular formula is C23H15Br2NO5S. The maximum Gasteiger partial charge on any atom is 0.349 e. The molecule has 162 valence electrons. The molecule has 0 saturated heterocycles. The predicted molar refractivity (Wildman–Crippen MR) is 132 cm³/mol. The van der Waals surface area contributed by atoms with Crippen LogP contribution < -0.4 is 10.9 Å². The molecule has 1 amide bonds. The zero-order valence-electron chi connectivity index (χ0n) is 16.6. The summed E-state index contributed by atoms with van der Waals surface area (Å²) in [6.07, 6.45) is 0. The SMILES string of the molecule is CCOC(=O)c1c(-c2ccc(Br)cc2)csc1NC(=O)c1cc2cc(Br)ccc2oc1=O. The number of fused-ring (bicyclic) bond motifs is 1. The number of carbonyl (C=O) groups is 2. The molecule has 0 bridgehead atoms. The van der Waals surface area contributed by atoms with Crippen LogP contribution in [-0.2, 0) is 4.74 Å². The first-order valence-corrected chi connectivity index (χ1v) is 11.9. The fourth-order valence-electron chi connectivity index (χ4n) is 3.12. The molecule has 0 unspecified atom stereocenters. The zero-order valence-corrected chi connectivity index (χ0v) is 20.6. The third-order valence-corrected chi connectivity index (χ3v) is 6.51. The second-order valence-electron chi connectivity index (χ2n) is 6.66. The standard InChI is InChI=1S/C23H15Br2NO5S/c1-2-30-23(29)19-17(12-3-5-14(24)6-4-12)11-32-21(19)26-20(27)16-10-13-9-15(25)7-8-18(13)31-22(16)28/h3-11H,2H2,1H3,(H,26,27). The van der Waals surface area contributed by atoms with Crippen molar-refractivity contribution in [1.29, 1.82) is 0 Å². The molecule has 4 rings (SSSR count). The number of amides is 1. The topological polar surface area (TPSA) is 85.6 Å². The highest BCUT2D eigenvalue weighted by atomic mass is 79.9. The number of benzene rings is 2. The number of nitrogens with one attached hydrogen (secondary N) is 1. The molecule has 0 atom stereocenters. The van der Waals surface area contributed by atoms with Crippen LogP contribution in [0, 0.1) is 0 Å². The van der Waals surface area contributed by atoms with E-state index in [0.717, 1.165) is 14.5 Å². The lowest BCUT2D eigenvalue weighted by atomic mass is 10.0. The minimum absolute atomic E-state index is 0.163. The molecule has 2 aromatic carbocycles. The van der Waals surface area contributed by atoms with Crippen molar-refractivity contribution in [2.45, 2.75) is 6.92 Å². The van der Waals surface area contributed by atoms with E-state index in [-0.39, 0.29) is 17.7 Å². The molecule has 6 nitrogen and oxygen atoms in total. The number of anilines is 1. The Morgan fingerprint density at radius 1 is 1.06 bits per heavy atom. The first kappa shape index (κ1) is 22.4. The van der Waals surface area contributed by atoms with Gasteiger partial charge in [0.05, 0.1) is 6.61 Å². The van der Waals surface area contributed by atoms with Crippen molar-refractivity contribution in [1.82, 2.24) is 0 Å². The summed E-state index contributed by atoms with van der Waals surface area (Å²) in [6.45, 7) is 1.89. The summed E-state index contributed by atoms with van der Waals surface area (Å²) in [5.74, 6) is -1.23. The summed E-state index contributed by atoms with van der Waals surface area (Å²) in [7, 11) is 0. The number of hydrogen-bond donors (Lipinski definition) is 1. The van der Waals surface area contributed by atoms with Crippen LogP contribution in [0.25, 0.3) is 22.1 Å². The Bertz CT molecular complexity index is 1390. The molecule has 0 saturated carbocycles. The number of rotatable bonds is 5. The van der Waals surface area contributed by atoms with E-state index in [1.165, 1.54) is 17.4 Å². The maximum atomic E-state index is 13.0. The number of ether oxygens (including phenoxy) is 1. The summed E-state index contributed by atoms with van der Waals surface area (Å²) < 4.78 is 12.2. The van der Waals surface area contributed by atoms with Gasteiger partial charge in [-0.15, -0.1) is 11.3 Å². The van der Waals surface area contributed by atoms with E-state index in [4.69, 9.17) is 9.15 Å². The molecule has 1 N–H and O–H groups in total. The molecule has 2 aromatic heterocycles. The Kier molecular flexibility index (Phi) is 6.59. The van der Waals surface area contributed by atoms with E-state index in [0.29, 0.717) is 21.5 Å². The fraction of sp³-hybridized carbons (Fsp3) is 0.0870. The third-order valence-electron chi connectivity index (χ3n) is 4.59. The highest BCUT2D eigenvalue weighted by Crippen LogP contribution is 2.37. The van der Waals surface area contributed by atoms with Crippen molar-refractivity contribution in [3.8, 4) is 11.1 Å². The Morgan fingerprint density at radius 2 is 1.78 bits per heavy atom. The van der Waals surface area contributed by atoms with Crippen molar-refractivity contribution < 1.29 is 18.7 Å². The number of hydrogen-bond acceptors (Lipinski definition) is 6. The van der Waals surface area contributed by atoms with Gasteiger partial charge >= 0.3 is 11.6 Å². The molecule has 0 aliphatic heterocycles.